The van der Waals surface area contributed by atoms with Gasteiger partial charge in [0.1, 0.15) is 0 Å². The van der Waals surface area contributed by atoms with Crippen LogP contribution >= 0.6 is 12.2 Å². The molecule has 0 spiro atoms. The number of rotatable bonds is 2. The highest BCUT2D eigenvalue weighted by Crippen LogP contribution is 1.62. The molecule has 3 N–H and O–H groups in total. The average molecular weight is 153 g/mol. The first-order chi connectivity index (χ1) is 3.56. The first-order valence-electron chi connectivity index (χ1n) is 1.42. The van der Waals surface area contributed by atoms with Crippen molar-refractivity contribution in [2.75, 3.05) is 0 Å². The van der Waals surface area contributed by atoms with Crippen LogP contribution in [0.2, 0.25) is 0 Å². The van der Waals surface area contributed by atoms with Gasteiger partial charge in [-0.05, 0) is 12.2 Å². The van der Waals surface area contributed by atoms with Crippen LogP contribution in [-0.2, 0) is 10.2 Å². The van der Waals surface area contributed by atoms with Gasteiger partial charge < -0.3 is 0 Å². The molecular weight excluding hydrogens is 150 g/mol. The van der Waals surface area contributed by atoms with Crippen LogP contribution < -0.4 is 9.97 Å². The predicted octanol–water partition coefficient (Wildman–Crippen LogP) is -1.20. The van der Waals surface area contributed by atoms with Crippen molar-refractivity contribution in [3.8, 4) is 0 Å². The number of isothiocyanates is 1. The van der Waals surface area contributed by atoms with Gasteiger partial charge in [-0.3, -0.25) is 0 Å². The van der Waals surface area contributed by atoms with E-state index < -0.39 is 10.2 Å². The standard InChI is InChI=1S/CH3N3O2S2/c2-8(5,6)4-3-1-7/h4H,(H2,2,5,6). The second-order valence-corrected chi connectivity index (χ2v) is 2.29. The van der Waals surface area contributed by atoms with Gasteiger partial charge in [0.15, 0.2) is 0 Å². The van der Waals surface area contributed by atoms with E-state index in [1.807, 2.05) is 0 Å². The number of nitrogens with zero attached hydrogens (tertiary/aromatic N) is 1. The van der Waals surface area contributed by atoms with Gasteiger partial charge in [0.05, 0.1) is 5.16 Å². The van der Waals surface area contributed by atoms with Gasteiger partial charge in [0, 0.05) is 0 Å². The quantitative estimate of drug-likeness (QED) is 0.297. The second kappa shape index (κ2) is 2.73. The van der Waals surface area contributed by atoms with Crippen LogP contribution in [0.25, 0.3) is 0 Å². The summed E-state index contributed by atoms with van der Waals surface area (Å²) < 4.78 is 19.8. The van der Waals surface area contributed by atoms with Crippen LogP contribution in [0.1, 0.15) is 0 Å². The van der Waals surface area contributed by atoms with Crippen molar-refractivity contribution in [3.63, 3.8) is 0 Å². The Morgan fingerprint density at radius 2 is 2.25 bits per heavy atom. The highest BCUT2D eigenvalue weighted by Gasteiger charge is 1.92. The lowest BCUT2D eigenvalue weighted by Crippen LogP contribution is -2.25. The Morgan fingerprint density at radius 1 is 1.75 bits per heavy atom. The summed E-state index contributed by atoms with van der Waals surface area (Å²) in [5, 5.41) is 9.01. The minimum Gasteiger partial charge on any atom is -0.210 e. The number of hydrogen-bond donors (Lipinski definition) is 2. The molecule has 0 amide bonds. The van der Waals surface area contributed by atoms with Crippen LogP contribution in [0, 0.1) is 0 Å². The van der Waals surface area contributed by atoms with Crippen molar-refractivity contribution >= 4 is 27.6 Å². The van der Waals surface area contributed by atoms with E-state index in [-0.39, 0.29) is 0 Å². The molecule has 0 aliphatic rings. The fourth-order valence-electron chi connectivity index (χ4n) is 0.0823. The average Bonchev–Trinajstić information content (AvgIpc) is 1.59. The number of thiocarbonyl (C=S) groups is 1. The largest absolute Gasteiger partial charge is 0.312 e. The molecule has 0 aromatic carbocycles. The van der Waals surface area contributed by atoms with Crippen molar-refractivity contribution in [1.82, 2.24) is 4.83 Å². The van der Waals surface area contributed by atoms with Crippen LogP contribution in [0.4, 0.5) is 0 Å². The van der Waals surface area contributed by atoms with E-state index >= 15 is 0 Å². The third kappa shape index (κ3) is 5.51. The number of nitrogens with one attached hydrogen (secondary N) is 1. The number of nitrogens with two attached hydrogens (primary N) is 1. The molecule has 0 rings (SSSR count). The summed E-state index contributed by atoms with van der Waals surface area (Å²) in [6.45, 7) is 0. The van der Waals surface area contributed by atoms with E-state index in [1.165, 1.54) is 4.83 Å². The van der Waals surface area contributed by atoms with Gasteiger partial charge in [-0.1, -0.05) is 0 Å². The lowest BCUT2D eigenvalue weighted by Gasteiger charge is -1.87. The van der Waals surface area contributed by atoms with Gasteiger partial charge >= 0.3 is 10.2 Å². The highest BCUT2D eigenvalue weighted by molar-refractivity contribution is 7.87. The Labute approximate surface area is 51.7 Å². The smallest absolute Gasteiger partial charge is 0.210 e. The van der Waals surface area contributed by atoms with E-state index in [0.717, 1.165) is 0 Å². The van der Waals surface area contributed by atoms with E-state index in [1.54, 1.807) is 5.16 Å². The van der Waals surface area contributed by atoms with Crippen LogP contribution in [0.3, 0.4) is 0 Å². The summed E-state index contributed by atoms with van der Waals surface area (Å²) in [4.78, 5) is 1.53. The lowest BCUT2D eigenvalue weighted by atomic mass is 11.7. The first-order valence-corrected chi connectivity index (χ1v) is 3.38. The highest BCUT2D eigenvalue weighted by atomic mass is 32.2. The van der Waals surface area contributed by atoms with Gasteiger partial charge in [-0.25, -0.2) is 5.14 Å². The molecule has 0 aromatic heterocycles. The Bertz CT molecular complexity index is 199. The summed E-state index contributed by atoms with van der Waals surface area (Å²) in [5.41, 5.74) is 0. The van der Waals surface area contributed by atoms with Crippen molar-refractivity contribution < 1.29 is 8.42 Å². The maximum absolute atomic E-state index is 9.88. The molecular formula is CH3N3O2S2. The summed E-state index contributed by atoms with van der Waals surface area (Å²) in [6, 6.07) is 0. The zero-order valence-corrected chi connectivity index (χ0v) is 5.29. The van der Waals surface area contributed by atoms with Gasteiger partial charge in [-0.15, -0.1) is 5.10 Å². The van der Waals surface area contributed by atoms with E-state index in [0.29, 0.717) is 0 Å². The third-order valence-corrected chi connectivity index (χ3v) is 0.656. The summed E-state index contributed by atoms with van der Waals surface area (Å²) >= 11 is 4.02. The molecule has 0 radical (unpaired) electrons. The number of hydrazone groups is 1. The minimum absolute atomic E-state index is 1.53. The first kappa shape index (κ1) is 7.51. The molecule has 0 unspecified atom stereocenters. The molecule has 46 valence electrons. The van der Waals surface area contributed by atoms with E-state index in [2.05, 4.69) is 22.5 Å². The van der Waals surface area contributed by atoms with Crippen molar-refractivity contribution in [1.29, 1.82) is 0 Å². The van der Waals surface area contributed by atoms with Crippen LogP contribution in [0.5, 0.6) is 0 Å². The van der Waals surface area contributed by atoms with Gasteiger partial charge in [0.2, 0.25) is 0 Å². The predicted molar refractivity (Wildman–Crippen MR) is 31.3 cm³/mol. The number of hydrogen-bond acceptors (Lipinski definition) is 4. The molecule has 0 saturated heterocycles. The Morgan fingerprint density at radius 3 is 2.38 bits per heavy atom. The Hall–Kier alpha value is -0.490. The summed E-state index contributed by atoms with van der Waals surface area (Å²) in [7, 11) is -3.73. The molecule has 7 heteroatoms. The van der Waals surface area contributed by atoms with Crippen LogP contribution in [0.15, 0.2) is 5.10 Å². The van der Waals surface area contributed by atoms with Crippen molar-refractivity contribution in [2.45, 2.75) is 0 Å². The molecule has 0 aliphatic carbocycles. The Kier molecular flexibility index (Phi) is 2.56. The van der Waals surface area contributed by atoms with Gasteiger partial charge in [0.25, 0.3) is 0 Å². The Balaban J connectivity index is 3.94. The molecule has 5 nitrogen and oxygen atoms in total. The monoisotopic (exact) mass is 153 g/mol. The van der Waals surface area contributed by atoms with E-state index in [9.17, 15) is 8.42 Å². The molecule has 0 heterocycles. The molecule has 8 heavy (non-hydrogen) atoms. The lowest BCUT2D eigenvalue weighted by molar-refractivity contribution is 0.586. The summed E-state index contributed by atoms with van der Waals surface area (Å²) in [5.74, 6) is 0. The van der Waals surface area contributed by atoms with Crippen molar-refractivity contribution in [3.05, 3.63) is 0 Å². The molecule has 0 fully saturated rings. The zero-order chi connectivity index (χ0) is 6.62. The molecule has 0 bridgehead atoms. The maximum Gasteiger partial charge on any atom is 0.312 e. The molecule has 0 atom stereocenters. The van der Waals surface area contributed by atoms with Crippen molar-refractivity contribution in [2.24, 2.45) is 10.2 Å². The fraction of sp³-hybridized carbons (Fsp3) is 0. The van der Waals surface area contributed by atoms with E-state index in [4.69, 9.17) is 0 Å². The fourth-order valence-corrected chi connectivity index (χ4v) is 0.359. The maximum atomic E-state index is 9.88. The topological polar surface area (TPSA) is 84.5 Å². The summed E-state index contributed by atoms with van der Waals surface area (Å²) in [6.07, 6.45) is 0. The normalized spacial score (nSPS) is 9.62. The molecule has 0 aliphatic heterocycles. The minimum atomic E-state index is -3.73. The molecule has 0 aromatic rings. The molecule has 0 saturated carbocycles. The van der Waals surface area contributed by atoms with Crippen LogP contribution in [-0.4, -0.2) is 13.6 Å². The second-order valence-electron chi connectivity index (χ2n) is 0.839. The zero-order valence-electron chi connectivity index (χ0n) is 3.66. The SMILES string of the molecule is NS(=O)(=O)NN=C=S. The van der Waals surface area contributed by atoms with Gasteiger partial charge in [-0.2, -0.15) is 13.2 Å². The third-order valence-electron chi connectivity index (χ3n) is 0.219.